The Labute approximate surface area is 198 Å². The number of morpholine rings is 1. The van der Waals surface area contributed by atoms with Crippen LogP contribution < -0.4 is 20.1 Å². The Morgan fingerprint density at radius 2 is 1.79 bits per heavy atom. The maximum absolute atomic E-state index is 12.8. The fourth-order valence-corrected chi connectivity index (χ4v) is 5.15. The molecular weight excluding hydrogens is 434 g/mol. The van der Waals surface area contributed by atoms with Crippen LogP contribution in [0.1, 0.15) is 36.5 Å². The van der Waals surface area contributed by atoms with Crippen LogP contribution in [0, 0.1) is 0 Å². The molecule has 3 atom stereocenters. The predicted octanol–water partition coefficient (Wildman–Crippen LogP) is 3.31. The number of nitrogens with two attached hydrogens (primary N) is 1. The van der Waals surface area contributed by atoms with Crippen LogP contribution in [-0.4, -0.2) is 55.9 Å². The van der Waals surface area contributed by atoms with Crippen molar-refractivity contribution in [2.24, 2.45) is 5.73 Å². The molecule has 0 aliphatic carbocycles. The molecule has 3 amide bonds. The second kappa shape index (κ2) is 8.68. The molecule has 3 aliphatic rings. The largest absolute Gasteiger partial charge is 0.493 e. The third kappa shape index (κ3) is 3.77. The van der Waals surface area contributed by atoms with E-state index in [1.807, 2.05) is 48.2 Å². The molecule has 2 saturated heterocycles. The number of carbonyl (C=O) groups excluding carboxylic acids is 2. The van der Waals surface area contributed by atoms with Gasteiger partial charge >= 0.3 is 6.03 Å². The van der Waals surface area contributed by atoms with Crippen molar-refractivity contribution in [3.05, 3.63) is 59.3 Å². The highest BCUT2D eigenvalue weighted by Gasteiger charge is 2.40. The summed E-state index contributed by atoms with van der Waals surface area (Å²) < 4.78 is 16.8. The molecule has 178 valence electrons. The Kier molecular flexibility index (Phi) is 5.69. The van der Waals surface area contributed by atoms with Gasteiger partial charge in [-0.1, -0.05) is 12.1 Å². The molecule has 3 unspecified atom stereocenters. The Bertz CT molecular complexity index is 1160. The zero-order chi connectivity index (χ0) is 24.0. The van der Waals surface area contributed by atoms with E-state index in [0.29, 0.717) is 24.5 Å². The van der Waals surface area contributed by atoms with Gasteiger partial charge in [-0.25, -0.2) is 4.79 Å². The molecule has 3 aliphatic heterocycles. The van der Waals surface area contributed by atoms with E-state index in [2.05, 4.69) is 0 Å². The molecule has 2 aromatic carbocycles. The van der Waals surface area contributed by atoms with Crippen molar-refractivity contribution < 1.29 is 23.8 Å². The highest BCUT2D eigenvalue weighted by molar-refractivity contribution is 5.98. The lowest BCUT2D eigenvalue weighted by atomic mass is 9.92. The summed E-state index contributed by atoms with van der Waals surface area (Å²) in [5.41, 5.74) is 10.3. The lowest BCUT2D eigenvalue weighted by molar-refractivity contribution is -0.133. The molecule has 2 N–H and O–H groups in total. The van der Waals surface area contributed by atoms with E-state index in [0.717, 1.165) is 40.8 Å². The number of methoxy groups -OCH3 is 2. The molecule has 8 heteroatoms. The van der Waals surface area contributed by atoms with E-state index in [1.165, 1.54) is 0 Å². The van der Waals surface area contributed by atoms with Crippen molar-refractivity contribution in [3.8, 4) is 11.5 Å². The fourth-order valence-electron chi connectivity index (χ4n) is 5.15. The molecule has 8 nitrogen and oxygen atoms in total. The number of hydrogen-bond donors (Lipinski definition) is 1. The van der Waals surface area contributed by atoms with Gasteiger partial charge < -0.3 is 24.8 Å². The Balaban J connectivity index is 1.56. The SMILES string of the molecule is COc1cc2c(cc1OC)C(c1ccc(N3CC4CCC(O4)C3=O)cc1)=CN(C(N)=O)C(C)C2. The summed E-state index contributed by atoms with van der Waals surface area (Å²) in [6.07, 6.45) is 3.89. The van der Waals surface area contributed by atoms with Gasteiger partial charge in [0, 0.05) is 23.5 Å². The molecule has 2 bridgehead atoms. The molecule has 0 saturated carbocycles. The summed E-state index contributed by atoms with van der Waals surface area (Å²) in [6.45, 7) is 2.54. The summed E-state index contributed by atoms with van der Waals surface area (Å²) in [4.78, 5) is 28.4. The maximum Gasteiger partial charge on any atom is 0.319 e. The Morgan fingerprint density at radius 1 is 1.09 bits per heavy atom. The number of carbonyl (C=O) groups is 2. The minimum Gasteiger partial charge on any atom is -0.493 e. The van der Waals surface area contributed by atoms with Gasteiger partial charge in [0.1, 0.15) is 6.10 Å². The van der Waals surface area contributed by atoms with Crippen LogP contribution in [0.4, 0.5) is 10.5 Å². The first-order valence-corrected chi connectivity index (χ1v) is 11.5. The third-order valence-corrected chi connectivity index (χ3v) is 6.94. The molecular formula is C26H29N3O5. The molecule has 34 heavy (non-hydrogen) atoms. The summed E-state index contributed by atoms with van der Waals surface area (Å²) >= 11 is 0. The van der Waals surface area contributed by atoms with Crippen molar-refractivity contribution >= 4 is 23.2 Å². The van der Waals surface area contributed by atoms with E-state index >= 15 is 0 Å². The molecule has 3 heterocycles. The Morgan fingerprint density at radius 3 is 2.47 bits per heavy atom. The van der Waals surface area contributed by atoms with Crippen molar-refractivity contribution in [3.63, 3.8) is 0 Å². The Hall–Kier alpha value is -3.52. The van der Waals surface area contributed by atoms with Crippen LogP contribution in [0.15, 0.2) is 42.6 Å². The summed E-state index contributed by atoms with van der Waals surface area (Å²) in [5.74, 6) is 1.26. The second-order valence-corrected chi connectivity index (χ2v) is 9.03. The second-order valence-electron chi connectivity index (χ2n) is 9.03. The van der Waals surface area contributed by atoms with Crippen LogP contribution in [0.25, 0.3) is 5.57 Å². The number of urea groups is 1. The van der Waals surface area contributed by atoms with E-state index < -0.39 is 6.03 Å². The lowest BCUT2D eigenvalue weighted by Gasteiger charge is -2.32. The smallest absolute Gasteiger partial charge is 0.319 e. The van der Waals surface area contributed by atoms with Gasteiger partial charge in [0.05, 0.1) is 26.9 Å². The normalized spacial score (nSPS) is 23.8. The monoisotopic (exact) mass is 463 g/mol. The number of hydrogen-bond acceptors (Lipinski definition) is 5. The van der Waals surface area contributed by atoms with Gasteiger partial charge in [0.15, 0.2) is 11.5 Å². The van der Waals surface area contributed by atoms with Gasteiger partial charge in [-0.15, -0.1) is 0 Å². The van der Waals surface area contributed by atoms with Crippen LogP contribution in [-0.2, 0) is 16.0 Å². The van der Waals surface area contributed by atoms with Crippen LogP contribution in [0.5, 0.6) is 11.5 Å². The van der Waals surface area contributed by atoms with Gasteiger partial charge in [0.25, 0.3) is 5.91 Å². The van der Waals surface area contributed by atoms with Gasteiger partial charge in [-0.05, 0) is 67.1 Å². The zero-order valence-corrected chi connectivity index (χ0v) is 19.6. The standard InChI is InChI=1S/C26H29N3O5/c1-15-10-17-11-23(32-2)24(33-3)12-20(17)21(14-28(15)26(27)31)16-4-6-18(7-5-16)29-13-19-8-9-22(34-19)25(29)30/h4-7,11-12,14-15,19,22H,8-10,13H2,1-3H3,(H2,27,31). The molecule has 2 aromatic rings. The van der Waals surface area contributed by atoms with E-state index in [4.69, 9.17) is 19.9 Å². The first-order valence-electron chi connectivity index (χ1n) is 11.5. The molecule has 0 aromatic heterocycles. The average molecular weight is 464 g/mol. The van der Waals surface area contributed by atoms with Crippen molar-refractivity contribution in [2.75, 3.05) is 25.7 Å². The van der Waals surface area contributed by atoms with Gasteiger partial charge in [0.2, 0.25) is 0 Å². The molecule has 5 rings (SSSR count). The number of amides is 3. The minimum atomic E-state index is -0.511. The van der Waals surface area contributed by atoms with E-state index in [-0.39, 0.29) is 24.2 Å². The number of rotatable bonds is 4. The first-order chi connectivity index (χ1) is 16.4. The number of benzene rings is 2. The summed E-state index contributed by atoms with van der Waals surface area (Å²) in [5, 5.41) is 0. The highest BCUT2D eigenvalue weighted by Crippen LogP contribution is 2.39. The van der Waals surface area contributed by atoms with Crippen molar-refractivity contribution in [1.29, 1.82) is 0 Å². The molecule has 2 fully saturated rings. The van der Waals surface area contributed by atoms with E-state index in [9.17, 15) is 9.59 Å². The average Bonchev–Trinajstić information content (AvgIpc) is 3.18. The summed E-state index contributed by atoms with van der Waals surface area (Å²) in [7, 11) is 3.21. The first kappa shape index (κ1) is 22.3. The van der Waals surface area contributed by atoms with Crippen LogP contribution >= 0.6 is 0 Å². The summed E-state index contributed by atoms with van der Waals surface area (Å²) in [6, 6.07) is 11.1. The number of fused-ring (bicyclic) bond motifs is 3. The quantitative estimate of drug-likeness (QED) is 0.751. The topological polar surface area (TPSA) is 94.3 Å². The minimum absolute atomic E-state index is 0.0195. The van der Waals surface area contributed by atoms with Gasteiger partial charge in [-0.2, -0.15) is 0 Å². The zero-order valence-electron chi connectivity index (χ0n) is 19.6. The number of primary amides is 1. The molecule has 0 spiro atoms. The van der Waals surface area contributed by atoms with E-state index in [1.54, 1.807) is 25.3 Å². The predicted molar refractivity (Wildman–Crippen MR) is 128 cm³/mol. The fraction of sp³-hybridized carbons (Fsp3) is 0.385. The number of nitrogens with zero attached hydrogens (tertiary/aromatic N) is 2. The van der Waals surface area contributed by atoms with Crippen LogP contribution in [0.2, 0.25) is 0 Å². The number of anilines is 1. The number of ether oxygens (including phenoxy) is 3. The van der Waals surface area contributed by atoms with Crippen molar-refractivity contribution in [1.82, 2.24) is 4.90 Å². The highest BCUT2D eigenvalue weighted by atomic mass is 16.5. The lowest BCUT2D eigenvalue weighted by Crippen LogP contribution is -2.47. The van der Waals surface area contributed by atoms with Crippen molar-refractivity contribution in [2.45, 2.75) is 44.4 Å². The van der Waals surface area contributed by atoms with Crippen LogP contribution in [0.3, 0.4) is 0 Å². The maximum atomic E-state index is 12.8. The van der Waals surface area contributed by atoms with Gasteiger partial charge in [-0.3, -0.25) is 9.69 Å². The molecule has 0 radical (unpaired) electrons. The third-order valence-electron chi connectivity index (χ3n) is 6.94.